The predicted molar refractivity (Wildman–Crippen MR) is 59.0 cm³/mol. The minimum Gasteiger partial charge on any atom is -1.00 e. The molecule has 2 rings (SSSR count). The first-order valence-electron chi connectivity index (χ1n) is 4.60. The van der Waals surface area contributed by atoms with Crippen LogP contribution < -0.4 is 34.3 Å². The molecule has 0 fully saturated rings. The van der Waals surface area contributed by atoms with Gasteiger partial charge in [-0.15, -0.1) is 0 Å². The average Bonchev–Trinajstić information content (AvgIpc) is 2.32. The highest BCUT2D eigenvalue weighted by Gasteiger charge is 1.89. The molecule has 0 aliphatic heterocycles. The number of hydrogen-bond acceptors (Lipinski definition) is 2. The van der Waals surface area contributed by atoms with E-state index in [1.165, 1.54) is 0 Å². The molecule has 0 atom stereocenters. The minimum atomic E-state index is 0. The van der Waals surface area contributed by atoms with Crippen molar-refractivity contribution in [2.24, 2.45) is 4.99 Å². The molecule has 0 aliphatic rings. The second kappa shape index (κ2) is 6.89. The number of anilines is 1. The van der Waals surface area contributed by atoms with E-state index in [0.29, 0.717) is 0 Å². The van der Waals surface area contributed by atoms with Gasteiger partial charge < -0.3 is 29.3 Å². The second-order valence-corrected chi connectivity index (χ2v) is 2.91. The second-order valence-electron chi connectivity index (χ2n) is 2.91. The van der Waals surface area contributed by atoms with Gasteiger partial charge in [-0.2, -0.15) is 0 Å². The zero-order chi connectivity index (χ0) is 10.3. The van der Waals surface area contributed by atoms with Gasteiger partial charge in [-0.25, -0.2) is 9.98 Å². The van der Waals surface area contributed by atoms with Crippen molar-refractivity contribution in [1.29, 1.82) is 0 Å². The first-order valence-corrected chi connectivity index (χ1v) is 4.60. The predicted octanol–water partition coefficient (Wildman–Crippen LogP) is -1.33. The Bertz CT molecular complexity index is 430. The molecule has 2 heterocycles. The fourth-order valence-corrected chi connectivity index (χ4v) is 1.09. The summed E-state index contributed by atoms with van der Waals surface area (Å²) in [6, 6.07) is 7.61. The van der Waals surface area contributed by atoms with Gasteiger partial charge in [0.15, 0.2) is 12.4 Å². The van der Waals surface area contributed by atoms with E-state index in [-0.39, 0.29) is 24.0 Å². The lowest BCUT2D eigenvalue weighted by Gasteiger charge is -1.94. The topological polar surface area (TPSA) is 51.4 Å². The van der Waals surface area contributed by atoms with Crippen LogP contribution in [0.3, 0.4) is 0 Å². The maximum Gasteiger partial charge on any atom is 0.190 e. The smallest absolute Gasteiger partial charge is 0.190 e. The summed E-state index contributed by atoms with van der Waals surface area (Å²) < 4.78 is 0. The van der Waals surface area contributed by atoms with Crippen LogP contribution in [0, 0.1) is 0 Å². The van der Waals surface area contributed by atoms with Crippen LogP contribution in [-0.4, -0.2) is 11.3 Å². The lowest BCUT2D eigenvalue weighted by atomic mass is 10.4. The molecule has 0 spiro atoms. The summed E-state index contributed by atoms with van der Waals surface area (Å²) in [5, 5.41) is 3.04. The normalized spacial score (nSPS) is 9.75. The SMILES string of the molecule is C(=Nc1cccnc1)Nc1ccc[nH+]c1.[I-]. The third-order valence-electron chi connectivity index (χ3n) is 1.80. The third-order valence-corrected chi connectivity index (χ3v) is 1.80. The van der Waals surface area contributed by atoms with Gasteiger partial charge in [-0.1, -0.05) is 0 Å². The molecule has 2 aromatic heterocycles. The molecule has 2 N–H and O–H groups in total. The Balaban J connectivity index is 0.00000128. The minimum absolute atomic E-state index is 0. The van der Waals surface area contributed by atoms with Gasteiger partial charge in [0, 0.05) is 12.3 Å². The van der Waals surface area contributed by atoms with Crippen molar-refractivity contribution in [3.63, 3.8) is 0 Å². The fraction of sp³-hybridized carbons (Fsp3) is 0. The summed E-state index contributed by atoms with van der Waals surface area (Å²) >= 11 is 0. The standard InChI is InChI=1S/C11H10N4.HI/c1-3-10(7-12-5-1)14-9-15-11-4-2-6-13-8-11;/h1-9H,(H,14,15);1H. The number of aromatic nitrogens is 2. The van der Waals surface area contributed by atoms with Crippen LogP contribution in [0.25, 0.3) is 0 Å². The monoisotopic (exact) mass is 326 g/mol. The molecular formula is C11H11IN4. The van der Waals surface area contributed by atoms with Crippen LogP contribution >= 0.6 is 0 Å². The molecule has 0 aliphatic carbocycles. The molecule has 0 radical (unpaired) electrons. The van der Waals surface area contributed by atoms with E-state index in [9.17, 15) is 0 Å². The Hall–Kier alpha value is -1.50. The zero-order valence-corrected chi connectivity index (χ0v) is 10.6. The van der Waals surface area contributed by atoms with Gasteiger partial charge in [0.2, 0.25) is 0 Å². The summed E-state index contributed by atoms with van der Waals surface area (Å²) in [7, 11) is 0. The van der Waals surface area contributed by atoms with Gasteiger partial charge in [0.25, 0.3) is 0 Å². The Labute approximate surface area is 111 Å². The summed E-state index contributed by atoms with van der Waals surface area (Å²) in [5.74, 6) is 0. The Morgan fingerprint density at radius 1 is 1.31 bits per heavy atom. The van der Waals surface area contributed by atoms with Crippen molar-refractivity contribution in [1.82, 2.24) is 4.98 Å². The third kappa shape index (κ3) is 3.93. The molecule has 16 heavy (non-hydrogen) atoms. The highest BCUT2D eigenvalue weighted by atomic mass is 127. The molecule has 0 aromatic carbocycles. The van der Waals surface area contributed by atoms with Gasteiger partial charge in [-0.3, -0.25) is 4.98 Å². The van der Waals surface area contributed by atoms with Gasteiger partial charge in [0.05, 0.1) is 18.2 Å². The number of aromatic amines is 1. The Kier molecular flexibility index (Phi) is 5.41. The van der Waals surface area contributed by atoms with Crippen LogP contribution in [0.4, 0.5) is 11.4 Å². The zero-order valence-electron chi connectivity index (χ0n) is 8.47. The summed E-state index contributed by atoms with van der Waals surface area (Å²) in [6.45, 7) is 0. The van der Waals surface area contributed by atoms with Crippen LogP contribution in [0.2, 0.25) is 0 Å². The molecule has 0 saturated carbocycles. The number of pyridine rings is 2. The number of aliphatic imine (C=N–C) groups is 1. The van der Waals surface area contributed by atoms with Gasteiger partial charge >= 0.3 is 0 Å². The highest BCUT2D eigenvalue weighted by molar-refractivity contribution is 5.76. The van der Waals surface area contributed by atoms with Gasteiger partial charge in [0.1, 0.15) is 5.69 Å². The molecule has 0 bridgehead atoms. The van der Waals surface area contributed by atoms with Crippen LogP contribution in [0.1, 0.15) is 0 Å². The first-order chi connectivity index (χ1) is 7.45. The molecule has 0 amide bonds. The molecule has 2 aromatic rings. The van der Waals surface area contributed by atoms with E-state index < -0.39 is 0 Å². The Morgan fingerprint density at radius 3 is 2.94 bits per heavy atom. The molecule has 82 valence electrons. The maximum atomic E-state index is 4.19. The molecule has 0 saturated heterocycles. The molecule has 4 nitrogen and oxygen atoms in total. The fourth-order valence-electron chi connectivity index (χ4n) is 1.09. The summed E-state index contributed by atoms with van der Waals surface area (Å²) in [4.78, 5) is 11.1. The van der Waals surface area contributed by atoms with E-state index in [1.54, 1.807) is 18.7 Å². The quantitative estimate of drug-likeness (QED) is 0.432. The number of halogens is 1. The van der Waals surface area contributed by atoms with Crippen LogP contribution in [-0.2, 0) is 0 Å². The van der Waals surface area contributed by atoms with E-state index in [0.717, 1.165) is 11.4 Å². The number of rotatable bonds is 3. The molecule has 0 unspecified atom stereocenters. The lowest BCUT2D eigenvalue weighted by Crippen LogP contribution is -3.00. The van der Waals surface area contributed by atoms with Crippen molar-refractivity contribution in [2.45, 2.75) is 0 Å². The van der Waals surface area contributed by atoms with Crippen LogP contribution in [0.15, 0.2) is 54.0 Å². The number of nitrogens with zero attached hydrogens (tertiary/aromatic N) is 2. The lowest BCUT2D eigenvalue weighted by molar-refractivity contribution is -0.377. The van der Waals surface area contributed by atoms with E-state index in [1.807, 2.05) is 36.7 Å². The summed E-state index contributed by atoms with van der Waals surface area (Å²) in [5.41, 5.74) is 1.79. The van der Waals surface area contributed by atoms with Crippen molar-refractivity contribution in [3.8, 4) is 0 Å². The number of H-pyrrole nitrogens is 1. The van der Waals surface area contributed by atoms with Crippen molar-refractivity contribution in [3.05, 3.63) is 49.1 Å². The maximum absolute atomic E-state index is 4.19. The van der Waals surface area contributed by atoms with E-state index in [4.69, 9.17) is 0 Å². The number of hydrogen-bond donors (Lipinski definition) is 1. The van der Waals surface area contributed by atoms with Gasteiger partial charge in [-0.05, 0) is 18.2 Å². The van der Waals surface area contributed by atoms with Crippen LogP contribution in [0.5, 0.6) is 0 Å². The largest absolute Gasteiger partial charge is 1.00 e. The Morgan fingerprint density at radius 2 is 2.25 bits per heavy atom. The van der Waals surface area contributed by atoms with E-state index >= 15 is 0 Å². The van der Waals surface area contributed by atoms with Crippen molar-refractivity contribution < 1.29 is 29.0 Å². The molecule has 5 heteroatoms. The average molecular weight is 326 g/mol. The highest BCUT2D eigenvalue weighted by Crippen LogP contribution is 2.06. The first kappa shape index (κ1) is 12.6. The molecular weight excluding hydrogens is 315 g/mol. The van der Waals surface area contributed by atoms with Crippen molar-refractivity contribution >= 4 is 17.7 Å². The van der Waals surface area contributed by atoms with Crippen molar-refractivity contribution in [2.75, 3.05) is 5.32 Å². The summed E-state index contributed by atoms with van der Waals surface area (Å²) in [6.07, 6.45) is 8.77. The van der Waals surface area contributed by atoms with E-state index in [2.05, 4.69) is 20.3 Å². The number of nitrogens with one attached hydrogen (secondary N) is 2.